The average Bonchev–Trinajstić information content (AvgIpc) is 2.33. The molecule has 0 saturated heterocycles. The van der Waals surface area contributed by atoms with Gasteiger partial charge >= 0.3 is 6.18 Å². The van der Waals surface area contributed by atoms with Crippen molar-refractivity contribution in [1.82, 2.24) is 15.3 Å². The van der Waals surface area contributed by atoms with Gasteiger partial charge in [0.2, 0.25) is 5.91 Å². The Morgan fingerprint density at radius 2 is 2.28 bits per heavy atom. The van der Waals surface area contributed by atoms with Crippen molar-refractivity contribution in [3.8, 4) is 12.3 Å². The molecule has 1 N–H and O–H groups in total. The van der Waals surface area contributed by atoms with Crippen LogP contribution in [-0.2, 0) is 11.0 Å². The largest absolute Gasteiger partial charge is 0.433 e. The number of rotatable bonds is 4. The lowest BCUT2D eigenvalue weighted by Gasteiger charge is -2.06. The Labute approximate surface area is 105 Å². The summed E-state index contributed by atoms with van der Waals surface area (Å²) in [5.41, 5.74) is -1.04. The molecular formula is C10H8F3N3OS. The summed E-state index contributed by atoms with van der Waals surface area (Å²) in [6, 6.07) is 0.766. The summed E-state index contributed by atoms with van der Waals surface area (Å²) in [6.07, 6.45) is 1.40. The standard InChI is InChI=1S/C10H8F3N3OS/c1-2-4-14-8(17)6-18-9-15-5-3-7(16-9)10(11,12)13/h1,3,5H,4,6H2,(H,14,17). The van der Waals surface area contributed by atoms with E-state index in [4.69, 9.17) is 6.42 Å². The molecule has 1 aromatic heterocycles. The lowest BCUT2D eigenvalue weighted by molar-refractivity contribution is -0.141. The van der Waals surface area contributed by atoms with Crippen LogP contribution < -0.4 is 5.32 Å². The number of nitrogens with one attached hydrogen (secondary N) is 1. The summed E-state index contributed by atoms with van der Waals surface area (Å²) < 4.78 is 37.0. The number of hydrogen-bond donors (Lipinski definition) is 1. The Bertz CT molecular complexity index is 470. The van der Waals surface area contributed by atoms with E-state index in [0.717, 1.165) is 24.0 Å². The van der Waals surface area contributed by atoms with Crippen LogP contribution >= 0.6 is 11.8 Å². The maximum Gasteiger partial charge on any atom is 0.433 e. The number of hydrogen-bond acceptors (Lipinski definition) is 4. The van der Waals surface area contributed by atoms with Crippen molar-refractivity contribution >= 4 is 17.7 Å². The summed E-state index contributed by atoms with van der Waals surface area (Å²) >= 11 is 0.806. The first-order valence-corrected chi connectivity index (χ1v) is 5.65. The van der Waals surface area contributed by atoms with Crippen molar-refractivity contribution in [2.45, 2.75) is 11.3 Å². The monoisotopic (exact) mass is 275 g/mol. The molecule has 0 aliphatic carbocycles. The van der Waals surface area contributed by atoms with Gasteiger partial charge in [-0.15, -0.1) is 6.42 Å². The van der Waals surface area contributed by atoms with E-state index in [1.807, 2.05) is 0 Å². The van der Waals surface area contributed by atoms with Gasteiger partial charge in [0.1, 0.15) is 5.69 Å². The van der Waals surface area contributed by atoms with Gasteiger partial charge in [-0.1, -0.05) is 17.7 Å². The highest BCUT2D eigenvalue weighted by atomic mass is 32.2. The van der Waals surface area contributed by atoms with Crippen molar-refractivity contribution < 1.29 is 18.0 Å². The molecule has 1 rings (SSSR count). The number of aromatic nitrogens is 2. The molecule has 1 amide bonds. The van der Waals surface area contributed by atoms with Crippen LogP contribution in [0.1, 0.15) is 5.69 Å². The molecule has 1 heterocycles. The van der Waals surface area contributed by atoms with Gasteiger partial charge < -0.3 is 5.32 Å². The first-order valence-electron chi connectivity index (χ1n) is 4.66. The van der Waals surface area contributed by atoms with Crippen molar-refractivity contribution in [2.75, 3.05) is 12.3 Å². The van der Waals surface area contributed by atoms with Gasteiger partial charge in [0.05, 0.1) is 12.3 Å². The molecule has 0 saturated carbocycles. The van der Waals surface area contributed by atoms with Crippen LogP contribution in [0.5, 0.6) is 0 Å². The van der Waals surface area contributed by atoms with Crippen LogP contribution in [-0.4, -0.2) is 28.2 Å². The zero-order valence-electron chi connectivity index (χ0n) is 8.99. The number of carbonyl (C=O) groups excluding carboxylic acids is 1. The molecule has 96 valence electrons. The van der Waals surface area contributed by atoms with Crippen LogP contribution in [0.4, 0.5) is 13.2 Å². The first kappa shape index (κ1) is 14.3. The highest BCUT2D eigenvalue weighted by molar-refractivity contribution is 7.99. The van der Waals surface area contributed by atoms with Crippen LogP contribution in [0.15, 0.2) is 17.4 Å². The normalized spacial score (nSPS) is 10.8. The Morgan fingerprint density at radius 3 is 2.89 bits per heavy atom. The van der Waals surface area contributed by atoms with E-state index in [2.05, 4.69) is 21.2 Å². The summed E-state index contributed by atoms with van der Waals surface area (Å²) in [7, 11) is 0. The van der Waals surface area contributed by atoms with Gasteiger partial charge in [-0.3, -0.25) is 4.79 Å². The van der Waals surface area contributed by atoms with Gasteiger partial charge in [0.25, 0.3) is 0 Å². The maximum absolute atomic E-state index is 12.3. The maximum atomic E-state index is 12.3. The molecule has 18 heavy (non-hydrogen) atoms. The SMILES string of the molecule is C#CCNC(=O)CSc1nccc(C(F)(F)F)n1. The van der Waals surface area contributed by atoms with E-state index in [-0.39, 0.29) is 23.4 Å². The second kappa shape index (κ2) is 6.26. The Morgan fingerprint density at radius 1 is 1.56 bits per heavy atom. The first-order chi connectivity index (χ1) is 8.43. The summed E-state index contributed by atoms with van der Waals surface area (Å²) in [5, 5.41) is 2.26. The van der Waals surface area contributed by atoms with E-state index < -0.39 is 11.9 Å². The van der Waals surface area contributed by atoms with E-state index in [1.165, 1.54) is 0 Å². The molecule has 0 aliphatic rings. The molecular weight excluding hydrogens is 267 g/mol. The molecule has 0 bridgehead atoms. The minimum atomic E-state index is -4.52. The van der Waals surface area contributed by atoms with Crippen LogP contribution in [0.3, 0.4) is 0 Å². The van der Waals surface area contributed by atoms with Crippen molar-refractivity contribution in [1.29, 1.82) is 0 Å². The fourth-order valence-corrected chi connectivity index (χ4v) is 1.56. The molecule has 0 aromatic carbocycles. The summed E-state index contributed by atoms with van der Waals surface area (Å²) in [6.45, 7) is 0.0723. The second-order valence-corrected chi connectivity index (χ2v) is 3.93. The number of alkyl halides is 3. The molecule has 0 spiro atoms. The van der Waals surface area contributed by atoms with E-state index in [9.17, 15) is 18.0 Å². The lowest BCUT2D eigenvalue weighted by atomic mass is 10.4. The third-order valence-corrected chi connectivity index (χ3v) is 2.51. The fourth-order valence-electron chi connectivity index (χ4n) is 0.899. The average molecular weight is 275 g/mol. The Hall–Kier alpha value is -1.75. The predicted octanol–water partition coefficient (Wildman–Crippen LogP) is 1.34. The molecule has 0 radical (unpaired) electrons. The Balaban J connectivity index is 2.58. The van der Waals surface area contributed by atoms with Crippen LogP contribution in [0, 0.1) is 12.3 Å². The van der Waals surface area contributed by atoms with Crippen molar-refractivity contribution in [3.05, 3.63) is 18.0 Å². The quantitative estimate of drug-likeness (QED) is 0.512. The van der Waals surface area contributed by atoms with Gasteiger partial charge in [0, 0.05) is 6.20 Å². The molecule has 0 atom stereocenters. The third-order valence-electron chi connectivity index (χ3n) is 1.64. The van der Waals surface area contributed by atoms with Crippen molar-refractivity contribution in [3.63, 3.8) is 0 Å². The highest BCUT2D eigenvalue weighted by Crippen LogP contribution is 2.28. The van der Waals surface area contributed by atoms with E-state index in [1.54, 1.807) is 0 Å². The number of terminal acetylenes is 1. The smallest absolute Gasteiger partial charge is 0.344 e. The number of halogens is 3. The number of thioether (sulfide) groups is 1. The zero-order chi connectivity index (χ0) is 13.6. The van der Waals surface area contributed by atoms with Gasteiger partial charge in [-0.25, -0.2) is 9.97 Å². The topological polar surface area (TPSA) is 54.9 Å². The number of amides is 1. The number of nitrogens with zero attached hydrogens (tertiary/aromatic N) is 2. The number of carbonyl (C=O) groups is 1. The molecule has 8 heteroatoms. The summed E-state index contributed by atoms with van der Waals surface area (Å²) in [5.74, 6) is 1.72. The second-order valence-electron chi connectivity index (χ2n) is 2.99. The molecule has 0 aliphatic heterocycles. The summed E-state index contributed by atoms with van der Waals surface area (Å²) in [4.78, 5) is 18.1. The van der Waals surface area contributed by atoms with Crippen LogP contribution in [0.25, 0.3) is 0 Å². The molecule has 4 nitrogen and oxygen atoms in total. The van der Waals surface area contributed by atoms with Crippen molar-refractivity contribution in [2.24, 2.45) is 0 Å². The fraction of sp³-hybridized carbons (Fsp3) is 0.300. The zero-order valence-corrected chi connectivity index (χ0v) is 9.81. The third kappa shape index (κ3) is 4.63. The van der Waals surface area contributed by atoms with Gasteiger partial charge in [-0.05, 0) is 6.07 Å². The van der Waals surface area contributed by atoms with Crippen LogP contribution in [0.2, 0.25) is 0 Å². The van der Waals surface area contributed by atoms with E-state index >= 15 is 0 Å². The van der Waals surface area contributed by atoms with E-state index in [0.29, 0.717) is 0 Å². The van der Waals surface area contributed by atoms with Gasteiger partial charge in [0.15, 0.2) is 5.16 Å². The predicted molar refractivity (Wildman–Crippen MR) is 59.6 cm³/mol. The minimum Gasteiger partial charge on any atom is -0.344 e. The lowest BCUT2D eigenvalue weighted by Crippen LogP contribution is -2.25. The van der Waals surface area contributed by atoms with Gasteiger partial charge in [-0.2, -0.15) is 13.2 Å². The molecule has 0 unspecified atom stereocenters. The minimum absolute atomic E-state index is 0.0723. The molecule has 1 aromatic rings. The molecule has 0 fully saturated rings. The Kier molecular flexibility index (Phi) is 4.97. The highest BCUT2D eigenvalue weighted by Gasteiger charge is 2.32.